The molecule has 1 aromatic rings. The highest BCUT2D eigenvalue weighted by Crippen LogP contribution is 2.31. The number of likely N-dealkylation sites (tertiary alicyclic amines) is 1. The van der Waals surface area contributed by atoms with E-state index in [-0.39, 0.29) is 18.2 Å². The average molecular weight is 358 g/mol. The van der Waals surface area contributed by atoms with Crippen LogP contribution in [0.5, 0.6) is 0 Å². The van der Waals surface area contributed by atoms with Crippen molar-refractivity contribution in [3.8, 4) is 18.4 Å². The molecule has 0 aromatic carbocycles. The van der Waals surface area contributed by atoms with E-state index in [9.17, 15) is 10.1 Å². The molecule has 0 unspecified atom stereocenters. The SMILES string of the molecule is C#Cc1nn([C@H]2C[C@H](COC)N(C(=O)OC(C)(C)C)C2)c(CC)c1C#N. The lowest BCUT2D eigenvalue weighted by molar-refractivity contribution is 0.0145. The maximum absolute atomic E-state index is 12.6. The summed E-state index contributed by atoms with van der Waals surface area (Å²) in [6, 6.07) is 1.96. The molecule has 140 valence electrons. The van der Waals surface area contributed by atoms with Gasteiger partial charge in [0.2, 0.25) is 0 Å². The van der Waals surface area contributed by atoms with Crippen molar-refractivity contribution >= 4 is 6.09 Å². The molecule has 1 aromatic heterocycles. The van der Waals surface area contributed by atoms with Crippen LogP contribution in [0.25, 0.3) is 0 Å². The Hall–Kier alpha value is -2.51. The zero-order chi connectivity index (χ0) is 19.5. The van der Waals surface area contributed by atoms with E-state index < -0.39 is 5.60 Å². The minimum atomic E-state index is -0.572. The zero-order valence-corrected chi connectivity index (χ0v) is 16.1. The maximum atomic E-state index is 12.6. The summed E-state index contributed by atoms with van der Waals surface area (Å²) < 4.78 is 12.6. The predicted molar refractivity (Wildman–Crippen MR) is 96.5 cm³/mol. The second-order valence-electron chi connectivity index (χ2n) is 7.36. The van der Waals surface area contributed by atoms with E-state index in [0.29, 0.717) is 37.3 Å². The summed E-state index contributed by atoms with van der Waals surface area (Å²) in [5, 5.41) is 13.9. The van der Waals surface area contributed by atoms with Gasteiger partial charge in [0.25, 0.3) is 0 Å². The Morgan fingerprint density at radius 3 is 2.65 bits per heavy atom. The van der Waals surface area contributed by atoms with Crippen molar-refractivity contribution in [2.75, 3.05) is 20.3 Å². The predicted octanol–water partition coefficient (Wildman–Crippen LogP) is 2.50. The first-order valence-corrected chi connectivity index (χ1v) is 8.72. The van der Waals surface area contributed by atoms with Gasteiger partial charge in [-0.05, 0) is 39.5 Å². The van der Waals surface area contributed by atoms with E-state index in [1.54, 1.807) is 16.7 Å². The fourth-order valence-electron chi connectivity index (χ4n) is 3.29. The second-order valence-corrected chi connectivity index (χ2v) is 7.36. The average Bonchev–Trinajstić information content (AvgIpc) is 3.13. The lowest BCUT2D eigenvalue weighted by Gasteiger charge is -2.28. The molecule has 1 amide bonds. The number of hydrogen-bond donors (Lipinski definition) is 0. The zero-order valence-electron chi connectivity index (χ0n) is 16.1. The first-order chi connectivity index (χ1) is 12.3. The van der Waals surface area contributed by atoms with Crippen LogP contribution in [0.2, 0.25) is 0 Å². The van der Waals surface area contributed by atoms with Gasteiger partial charge in [-0.25, -0.2) is 4.79 Å². The Labute approximate surface area is 154 Å². The third kappa shape index (κ3) is 4.00. The molecular weight excluding hydrogens is 332 g/mol. The molecule has 0 N–H and O–H groups in total. The van der Waals surface area contributed by atoms with Gasteiger partial charge < -0.3 is 14.4 Å². The van der Waals surface area contributed by atoms with Crippen molar-refractivity contribution < 1.29 is 14.3 Å². The summed E-state index contributed by atoms with van der Waals surface area (Å²) in [6.45, 7) is 8.32. The number of terminal acetylenes is 1. The molecule has 2 atom stereocenters. The van der Waals surface area contributed by atoms with E-state index in [4.69, 9.17) is 15.9 Å². The fraction of sp³-hybridized carbons (Fsp3) is 0.632. The Bertz CT molecular complexity index is 749. The molecule has 1 aliphatic rings. The molecule has 0 spiro atoms. The molecular formula is C19H26N4O3. The maximum Gasteiger partial charge on any atom is 0.410 e. The highest BCUT2D eigenvalue weighted by atomic mass is 16.6. The summed E-state index contributed by atoms with van der Waals surface area (Å²) in [7, 11) is 1.61. The smallest absolute Gasteiger partial charge is 0.410 e. The molecule has 1 fully saturated rings. The van der Waals surface area contributed by atoms with Gasteiger partial charge >= 0.3 is 6.09 Å². The van der Waals surface area contributed by atoms with Gasteiger partial charge in [-0.1, -0.05) is 6.92 Å². The second kappa shape index (κ2) is 7.80. The number of rotatable bonds is 4. The molecule has 7 heteroatoms. The highest BCUT2D eigenvalue weighted by molar-refractivity contribution is 5.69. The third-order valence-electron chi connectivity index (χ3n) is 4.32. The Morgan fingerprint density at radius 1 is 1.46 bits per heavy atom. The molecule has 1 aliphatic heterocycles. The highest BCUT2D eigenvalue weighted by Gasteiger charge is 2.39. The number of methoxy groups -OCH3 is 1. The van der Waals surface area contributed by atoms with Crippen molar-refractivity contribution in [2.45, 2.75) is 58.2 Å². The van der Waals surface area contributed by atoms with Crippen LogP contribution < -0.4 is 0 Å². The molecule has 0 radical (unpaired) electrons. The van der Waals surface area contributed by atoms with Crippen LogP contribution in [-0.4, -0.2) is 52.7 Å². The summed E-state index contributed by atoms with van der Waals surface area (Å²) >= 11 is 0. The number of nitriles is 1. The summed E-state index contributed by atoms with van der Waals surface area (Å²) in [5.74, 6) is 2.48. The van der Waals surface area contributed by atoms with Crippen LogP contribution >= 0.6 is 0 Å². The lowest BCUT2D eigenvalue weighted by Crippen LogP contribution is -2.41. The number of nitrogens with zero attached hydrogens (tertiary/aromatic N) is 4. The fourth-order valence-corrected chi connectivity index (χ4v) is 3.29. The van der Waals surface area contributed by atoms with E-state index in [0.717, 1.165) is 5.69 Å². The first-order valence-electron chi connectivity index (χ1n) is 8.72. The van der Waals surface area contributed by atoms with Gasteiger partial charge in [0.15, 0.2) is 5.69 Å². The molecule has 0 saturated carbocycles. The van der Waals surface area contributed by atoms with Crippen LogP contribution in [-0.2, 0) is 15.9 Å². The van der Waals surface area contributed by atoms with Gasteiger partial charge in [-0.15, -0.1) is 6.42 Å². The molecule has 2 rings (SSSR count). The quantitative estimate of drug-likeness (QED) is 0.773. The van der Waals surface area contributed by atoms with E-state index in [1.165, 1.54) is 0 Å². The van der Waals surface area contributed by atoms with Crippen molar-refractivity contribution in [1.82, 2.24) is 14.7 Å². The largest absolute Gasteiger partial charge is 0.444 e. The van der Waals surface area contributed by atoms with Gasteiger partial charge in [-0.3, -0.25) is 4.68 Å². The van der Waals surface area contributed by atoms with Gasteiger partial charge in [0.05, 0.1) is 24.4 Å². The van der Waals surface area contributed by atoms with Crippen LogP contribution in [0.4, 0.5) is 4.79 Å². The number of aromatic nitrogens is 2. The van der Waals surface area contributed by atoms with Gasteiger partial charge in [0.1, 0.15) is 17.2 Å². The number of amides is 1. The van der Waals surface area contributed by atoms with E-state index in [2.05, 4.69) is 17.1 Å². The first kappa shape index (κ1) is 19.8. The topological polar surface area (TPSA) is 80.4 Å². The Kier molecular flexibility index (Phi) is 5.94. The Balaban J connectivity index is 2.33. The van der Waals surface area contributed by atoms with Crippen LogP contribution in [0, 0.1) is 23.7 Å². The van der Waals surface area contributed by atoms with Crippen molar-refractivity contribution in [1.29, 1.82) is 5.26 Å². The Morgan fingerprint density at radius 2 is 2.15 bits per heavy atom. The lowest BCUT2D eigenvalue weighted by atomic mass is 10.1. The monoisotopic (exact) mass is 358 g/mol. The molecule has 26 heavy (non-hydrogen) atoms. The molecule has 7 nitrogen and oxygen atoms in total. The van der Waals surface area contributed by atoms with E-state index in [1.807, 2.05) is 27.7 Å². The normalized spacial score (nSPS) is 19.9. The summed E-state index contributed by atoms with van der Waals surface area (Å²) in [5.41, 5.74) is 1.02. The number of carbonyl (C=O) groups is 1. The van der Waals surface area contributed by atoms with E-state index >= 15 is 0 Å². The van der Waals surface area contributed by atoms with Crippen molar-refractivity contribution in [3.63, 3.8) is 0 Å². The molecule has 0 aliphatic carbocycles. The van der Waals surface area contributed by atoms with Gasteiger partial charge in [0, 0.05) is 13.7 Å². The standard InChI is InChI=1S/C19H26N4O3/c1-7-16-15(10-20)17(8-2)23(21-16)13-9-14(12-25-6)22(11-13)18(24)26-19(3,4)5/h1,13-14H,8-9,11-12H2,2-6H3/t13-,14+/m0/s1. The number of hydrogen-bond acceptors (Lipinski definition) is 5. The van der Waals surface area contributed by atoms with Crippen LogP contribution in [0.15, 0.2) is 0 Å². The molecule has 0 bridgehead atoms. The minimum Gasteiger partial charge on any atom is -0.444 e. The minimum absolute atomic E-state index is 0.0770. The summed E-state index contributed by atoms with van der Waals surface area (Å²) in [4.78, 5) is 14.3. The molecule has 1 saturated heterocycles. The summed E-state index contributed by atoms with van der Waals surface area (Å²) in [6.07, 6.45) is 6.43. The third-order valence-corrected chi connectivity index (χ3v) is 4.32. The van der Waals surface area contributed by atoms with Crippen molar-refractivity contribution in [2.24, 2.45) is 0 Å². The number of carbonyl (C=O) groups excluding carboxylic acids is 1. The van der Waals surface area contributed by atoms with Crippen molar-refractivity contribution in [3.05, 3.63) is 17.0 Å². The molecule has 2 heterocycles. The van der Waals surface area contributed by atoms with Gasteiger partial charge in [-0.2, -0.15) is 10.4 Å². The number of ether oxygens (including phenoxy) is 2. The van der Waals surface area contributed by atoms with Crippen LogP contribution in [0.1, 0.15) is 57.1 Å². The van der Waals surface area contributed by atoms with Crippen LogP contribution in [0.3, 0.4) is 0 Å².